The van der Waals surface area contributed by atoms with Crippen LogP contribution in [0.15, 0.2) is 18.2 Å². The Labute approximate surface area is 104 Å². The van der Waals surface area contributed by atoms with Crippen LogP contribution in [-0.2, 0) is 0 Å². The molecule has 0 aliphatic carbocycles. The molecule has 17 heavy (non-hydrogen) atoms. The van der Waals surface area contributed by atoms with E-state index >= 15 is 0 Å². The topological polar surface area (TPSA) is 12.0 Å². The number of benzene rings is 1. The lowest BCUT2D eigenvalue weighted by Crippen LogP contribution is -2.36. The van der Waals surface area contributed by atoms with E-state index in [0.717, 1.165) is 24.1 Å². The molecule has 1 rings (SSSR count). The van der Waals surface area contributed by atoms with Gasteiger partial charge in [-0.25, -0.2) is 4.39 Å². The van der Waals surface area contributed by atoms with Crippen molar-refractivity contribution in [2.24, 2.45) is 0 Å². The van der Waals surface area contributed by atoms with Crippen LogP contribution in [0.3, 0.4) is 0 Å². The standard InChI is InChI=1S/C15H24FN/c1-11-8-13(10-14(16)9-11)12(2)6-7-17-15(3,4)5/h8-10,12,17H,6-7H2,1-5H3. The maximum Gasteiger partial charge on any atom is 0.123 e. The second kappa shape index (κ2) is 5.63. The average Bonchev–Trinajstić information content (AvgIpc) is 2.13. The van der Waals surface area contributed by atoms with Crippen molar-refractivity contribution in [2.45, 2.75) is 52.5 Å². The first-order valence-corrected chi connectivity index (χ1v) is 6.30. The van der Waals surface area contributed by atoms with Crippen LogP contribution >= 0.6 is 0 Å². The van der Waals surface area contributed by atoms with Crippen LogP contribution in [0.1, 0.15) is 51.2 Å². The summed E-state index contributed by atoms with van der Waals surface area (Å²) in [5.74, 6) is 0.259. The van der Waals surface area contributed by atoms with Crippen molar-refractivity contribution in [3.63, 3.8) is 0 Å². The molecule has 0 aliphatic rings. The Morgan fingerprint density at radius 3 is 2.41 bits per heavy atom. The SMILES string of the molecule is Cc1cc(F)cc(C(C)CCNC(C)(C)C)c1. The zero-order valence-corrected chi connectivity index (χ0v) is 11.6. The molecule has 96 valence electrons. The van der Waals surface area contributed by atoms with E-state index < -0.39 is 0 Å². The first-order chi connectivity index (χ1) is 7.78. The third-order valence-corrected chi connectivity index (χ3v) is 2.87. The Bertz CT molecular complexity index is 345. The highest BCUT2D eigenvalue weighted by atomic mass is 19.1. The summed E-state index contributed by atoms with van der Waals surface area (Å²) in [6, 6.07) is 5.29. The molecule has 1 N–H and O–H groups in total. The number of halogens is 1. The first-order valence-electron chi connectivity index (χ1n) is 6.30. The fourth-order valence-corrected chi connectivity index (χ4v) is 1.88. The fourth-order valence-electron chi connectivity index (χ4n) is 1.88. The highest BCUT2D eigenvalue weighted by Crippen LogP contribution is 2.21. The fraction of sp³-hybridized carbons (Fsp3) is 0.600. The molecule has 0 saturated heterocycles. The van der Waals surface area contributed by atoms with Crippen LogP contribution in [-0.4, -0.2) is 12.1 Å². The van der Waals surface area contributed by atoms with Gasteiger partial charge in [0.25, 0.3) is 0 Å². The number of aryl methyl sites for hydroxylation is 1. The molecule has 0 saturated carbocycles. The Kier molecular flexibility index (Phi) is 4.70. The summed E-state index contributed by atoms with van der Waals surface area (Å²) in [5, 5.41) is 3.46. The monoisotopic (exact) mass is 237 g/mol. The molecular weight excluding hydrogens is 213 g/mol. The smallest absolute Gasteiger partial charge is 0.123 e. The quantitative estimate of drug-likeness (QED) is 0.834. The van der Waals surface area contributed by atoms with Gasteiger partial charge in [-0.1, -0.05) is 13.0 Å². The maximum atomic E-state index is 13.3. The van der Waals surface area contributed by atoms with E-state index in [1.54, 1.807) is 12.1 Å². The molecule has 1 aromatic carbocycles. The predicted octanol–water partition coefficient (Wildman–Crippen LogP) is 4.02. The molecule has 0 fully saturated rings. The third-order valence-electron chi connectivity index (χ3n) is 2.87. The maximum absolute atomic E-state index is 13.3. The molecule has 1 unspecified atom stereocenters. The Balaban J connectivity index is 2.55. The first kappa shape index (κ1) is 14.2. The molecule has 0 heterocycles. The minimum absolute atomic E-state index is 0.129. The highest BCUT2D eigenvalue weighted by molar-refractivity contribution is 5.26. The summed E-state index contributed by atoms with van der Waals surface area (Å²) < 4.78 is 13.3. The normalized spacial score (nSPS) is 13.8. The van der Waals surface area contributed by atoms with Crippen molar-refractivity contribution in [3.8, 4) is 0 Å². The van der Waals surface area contributed by atoms with Gasteiger partial charge in [-0.05, 0) is 69.8 Å². The summed E-state index contributed by atoms with van der Waals surface area (Å²) in [7, 11) is 0. The van der Waals surface area contributed by atoms with E-state index in [-0.39, 0.29) is 11.4 Å². The van der Waals surface area contributed by atoms with E-state index in [1.165, 1.54) is 0 Å². The molecule has 2 heteroatoms. The van der Waals surface area contributed by atoms with Gasteiger partial charge in [-0.2, -0.15) is 0 Å². The van der Waals surface area contributed by atoms with Gasteiger partial charge in [0.2, 0.25) is 0 Å². The van der Waals surface area contributed by atoms with Crippen molar-refractivity contribution < 1.29 is 4.39 Å². The highest BCUT2D eigenvalue weighted by Gasteiger charge is 2.11. The molecule has 0 spiro atoms. The van der Waals surface area contributed by atoms with Gasteiger partial charge >= 0.3 is 0 Å². The average molecular weight is 237 g/mol. The van der Waals surface area contributed by atoms with Gasteiger partial charge in [0.15, 0.2) is 0 Å². The zero-order chi connectivity index (χ0) is 13.1. The van der Waals surface area contributed by atoms with E-state index in [0.29, 0.717) is 5.92 Å². The largest absolute Gasteiger partial charge is 0.312 e. The molecule has 1 nitrogen and oxygen atoms in total. The third kappa shape index (κ3) is 5.31. The van der Waals surface area contributed by atoms with E-state index in [4.69, 9.17) is 0 Å². The lowest BCUT2D eigenvalue weighted by atomic mass is 9.95. The lowest BCUT2D eigenvalue weighted by Gasteiger charge is -2.22. The van der Waals surface area contributed by atoms with Gasteiger partial charge in [0.05, 0.1) is 0 Å². The van der Waals surface area contributed by atoms with Crippen molar-refractivity contribution >= 4 is 0 Å². The van der Waals surface area contributed by atoms with E-state index in [9.17, 15) is 4.39 Å². The van der Waals surface area contributed by atoms with Gasteiger partial charge in [-0.3, -0.25) is 0 Å². The number of hydrogen-bond acceptors (Lipinski definition) is 1. The number of rotatable bonds is 4. The molecule has 0 aromatic heterocycles. The lowest BCUT2D eigenvalue weighted by molar-refractivity contribution is 0.413. The molecule has 0 aliphatic heterocycles. The summed E-state index contributed by atoms with van der Waals surface area (Å²) in [5.41, 5.74) is 2.24. The molecule has 0 bridgehead atoms. The van der Waals surface area contributed by atoms with Crippen molar-refractivity contribution in [2.75, 3.05) is 6.54 Å². The summed E-state index contributed by atoms with van der Waals surface area (Å²) >= 11 is 0. The van der Waals surface area contributed by atoms with Gasteiger partial charge in [0, 0.05) is 5.54 Å². The van der Waals surface area contributed by atoms with Crippen LogP contribution in [0.4, 0.5) is 4.39 Å². The summed E-state index contributed by atoms with van der Waals surface area (Å²) in [4.78, 5) is 0. The van der Waals surface area contributed by atoms with Gasteiger partial charge in [0.1, 0.15) is 5.82 Å². The van der Waals surface area contributed by atoms with Crippen LogP contribution in [0.25, 0.3) is 0 Å². The summed E-state index contributed by atoms with van der Waals surface area (Å²) in [6.07, 6.45) is 1.03. The van der Waals surface area contributed by atoms with Crippen LogP contribution in [0.5, 0.6) is 0 Å². The van der Waals surface area contributed by atoms with E-state index in [2.05, 4.69) is 39.1 Å². The van der Waals surface area contributed by atoms with Crippen LogP contribution in [0.2, 0.25) is 0 Å². The molecule has 1 aromatic rings. The number of hydrogen-bond donors (Lipinski definition) is 1. The van der Waals surface area contributed by atoms with Crippen molar-refractivity contribution in [1.82, 2.24) is 5.32 Å². The number of nitrogens with one attached hydrogen (secondary N) is 1. The van der Waals surface area contributed by atoms with Gasteiger partial charge < -0.3 is 5.32 Å². The predicted molar refractivity (Wildman–Crippen MR) is 71.9 cm³/mol. The second-order valence-electron chi connectivity index (χ2n) is 5.93. The van der Waals surface area contributed by atoms with Crippen LogP contribution < -0.4 is 5.32 Å². The molecule has 1 atom stereocenters. The zero-order valence-electron chi connectivity index (χ0n) is 11.6. The Morgan fingerprint density at radius 1 is 1.24 bits per heavy atom. The van der Waals surface area contributed by atoms with E-state index in [1.807, 2.05) is 6.92 Å². The molecule has 0 radical (unpaired) electrons. The minimum atomic E-state index is -0.129. The van der Waals surface area contributed by atoms with Crippen molar-refractivity contribution in [1.29, 1.82) is 0 Å². The van der Waals surface area contributed by atoms with Gasteiger partial charge in [-0.15, -0.1) is 0 Å². The second-order valence-corrected chi connectivity index (χ2v) is 5.93. The Hall–Kier alpha value is -0.890. The van der Waals surface area contributed by atoms with Crippen molar-refractivity contribution in [3.05, 3.63) is 35.1 Å². The van der Waals surface area contributed by atoms with Crippen LogP contribution in [0, 0.1) is 12.7 Å². The minimum Gasteiger partial charge on any atom is -0.312 e. The molecule has 0 amide bonds. The molecular formula is C15H24FN. The summed E-state index contributed by atoms with van der Waals surface area (Å²) in [6.45, 7) is 11.5. The Morgan fingerprint density at radius 2 is 1.88 bits per heavy atom.